The minimum atomic E-state index is 0.361. The number of benzene rings is 1. The summed E-state index contributed by atoms with van der Waals surface area (Å²) in [6.45, 7) is 2.19. The van der Waals surface area contributed by atoms with Gasteiger partial charge >= 0.3 is 0 Å². The molecule has 1 heterocycles. The number of thioether (sulfide) groups is 1. The second-order valence-electron chi connectivity index (χ2n) is 3.45. The maximum atomic E-state index is 5.96. The number of hydrogen-bond donors (Lipinski definition) is 1. The Bertz CT molecular complexity index is 343. The Morgan fingerprint density at radius 2 is 2.14 bits per heavy atom. The zero-order valence-electron chi connectivity index (χ0n) is 7.76. The summed E-state index contributed by atoms with van der Waals surface area (Å²) in [5, 5.41) is 5.09. The Hall–Kier alpha value is 0.110. The van der Waals surface area contributed by atoms with Crippen LogP contribution in [0.4, 0.5) is 0 Å². The molecule has 0 amide bonds. The molecule has 0 aliphatic carbocycles. The van der Waals surface area contributed by atoms with E-state index >= 15 is 0 Å². The molecule has 1 aliphatic heterocycles. The molecule has 1 aromatic rings. The van der Waals surface area contributed by atoms with E-state index in [-0.39, 0.29) is 0 Å². The highest BCUT2D eigenvalue weighted by Crippen LogP contribution is 2.35. The van der Waals surface area contributed by atoms with Crippen LogP contribution in [0.2, 0.25) is 10.0 Å². The first kappa shape index (κ1) is 10.6. The summed E-state index contributed by atoms with van der Waals surface area (Å²) in [6.07, 6.45) is 0. The van der Waals surface area contributed by atoms with Crippen molar-refractivity contribution in [1.82, 2.24) is 5.32 Å². The van der Waals surface area contributed by atoms with Gasteiger partial charge < -0.3 is 0 Å². The van der Waals surface area contributed by atoms with Crippen LogP contribution in [-0.2, 0) is 0 Å². The zero-order valence-corrected chi connectivity index (χ0v) is 10.1. The summed E-state index contributed by atoms with van der Waals surface area (Å²) in [7, 11) is 0. The van der Waals surface area contributed by atoms with Crippen molar-refractivity contribution in [3.8, 4) is 0 Å². The van der Waals surface area contributed by atoms with E-state index in [2.05, 4.69) is 12.2 Å². The molecular formula is C10H11Cl2NS. The Labute approximate surface area is 98.2 Å². The predicted molar refractivity (Wildman–Crippen MR) is 64.3 cm³/mol. The lowest BCUT2D eigenvalue weighted by Crippen LogP contribution is -2.21. The van der Waals surface area contributed by atoms with E-state index in [1.165, 1.54) is 5.56 Å². The maximum absolute atomic E-state index is 5.96. The van der Waals surface area contributed by atoms with Gasteiger partial charge in [-0.1, -0.05) is 29.3 Å². The third-order valence-electron chi connectivity index (χ3n) is 2.20. The average Bonchev–Trinajstić information content (AvgIpc) is 2.57. The Morgan fingerprint density at radius 1 is 1.36 bits per heavy atom. The van der Waals surface area contributed by atoms with Crippen molar-refractivity contribution in [3.05, 3.63) is 33.8 Å². The minimum Gasteiger partial charge on any atom is -0.298 e. The van der Waals surface area contributed by atoms with Gasteiger partial charge in [0, 0.05) is 11.8 Å². The summed E-state index contributed by atoms with van der Waals surface area (Å²) in [5.41, 5.74) is 1.20. The van der Waals surface area contributed by atoms with Crippen LogP contribution in [0.1, 0.15) is 17.9 Å². The van der Waals surface area contributed by atoms with E-state index in [1.807, 2.05) is 30.0 Å². The molecule has 0 aromatic heterocycles. The fourth-order valence-corrected chi connectivity index (χ4v) is 3.01. The third kappa shape index (κ3) is 2.19. The van der Waals surface area contributed by atoms with Crippen molar-refractivity contribution in [2.75, 3.05) is 5.75 Å². The monoisotopic (exact) mass is 247 g/mol. The normalized spacial score (nSPS) is 26.8. The topological polar surface area (TPSA) is 12.0 Å². The van der Waals surface area contributed by atoms with Gasteiger partial charge in [-0.3, -0.25) is 5.32 Å². The second kappa shape index (κ2) is 4.31. The summed E-state index contributed by atoms with van der Waals surface area (Å²) >= 11 is 13.7. The standard InChI is InChI=1S/C10H11Cl2NS/c1-6-5-14-10(13-6)7-2-3-8(11)9(12)4-7/h2-4,6,10,13H,5H2,1H3. The molecule has 14 heavy (non-hydrogen) atoms. The van der Waals surface area contributed by atoms with E-state index in [9.17, 15) is 0 Å². The van der Waals surface area contributed by atoms with E-state index in [4.69, 9.17) is 23.2 Å². The van der Waals surface area contributed by atoms with Crippen LogP contribution >= 0.6 is 35.0 Å². The lowest BCUT2D eigenvalue weighted by molar-refractivity contribution is 0.618. The number of nitrogens with one attached hydrogen (secondary N) is 1. The van der Waals surface area contributed by atoms with Crippen LogP contribution in [-0.4, -0.2) is 11.8 Å². The third-order valence-corrected chi connectivity index (χ3v) is 4.37. The van der Waals surface area contributed by atoms with Crippen LogP contribution in [0, 0.1) is 0 Å². The van der Waals surface area contributed by atoms with E-state index in [0.29, 0.717) is 21.5 Å². The summed E-state index contributed by atoms with van der Waals surface area (Å²) < 4.78 is 0. The summed E-state index contributed by atoms with van der Waals surface area (Å²) in [4.78, 5) is 0. The van der Waals surface area contributed by atoms with Crippen molar-refractivity contribution in [2.45, 2.75) is 18.3 Å². The van der Waals surface area contributed by atoms with Crippen LogP contribution in [0.5, 0.6) is 0 Å². The lowest BCUT2D eigenvalue weighted by Gasteiger charge is -2.11. The van der Waals surface area contributed by atoms with E-state index < -0.39 is 0 Å². The number of hydrogen-bond acceptors (Lipinski definition) is 2. The Kier molecular flexibility index (Phi) is 3.27. The van der Waals surface area contributed by atoms with Gasteiger partial charge in [-0.2, -0.15) is 0 Å². The van der Waals surface area contributed by atoms with Gasteiger partial charge in [0.15, 0.2) is 0 Å². The van der Waals surface area contributed by atoms with Crippen molar-refractivity contribution >= 4 is 35.0 Å². The summed E-state index contributed by atoms with van der Waals surface area (Å²) in [6, 6.07) is 6.38. The first-order valence-electron chi connectivity index (χ1n) is 4.49. The minimum absolute atomic E-state index is 0.361. The SMILES string of the molecule is CC1CSC(c2ccc(Cl)c(Cl)c2)N1. The molecule has 1 saturated heterocycles. The molecule has 2 atom stereocenters. The van der Waals surface area contributed by atoms with Crippen LogP contribution in [0.15, 0.2) is 18.2 Å². The highest BCUT2D eigenvalue weighted by molar-refractivity contribution is 7.99. The molecule has 0 bridgehead atoms. The second-order valence-corrected chi connectivity index (χ2v) is 5.41. The van der Waals surface area contributed by atoms with Crippen LogP contribution in [0.3, 0.4) is 0 Å². The van der Waals surface area contributed by atoms with Gasteiger partial charge in [-0.25, -0.2) is 0 Å². The highest BCUT2D eigenvalue weighted by atomic mass is 35.5. The molecular weight excluding hydrogens is 237 g/mol. The van der Waals surface area contributed by atoms with Crippen molar-refractivity contribution in [1.29, 1.82) is 0 Å². The van der Waals surface area contributed by atoms with Crippen molar-refractivity contribution in [3.63, 3.8) is 0 Å². The van der Waals surface area contributed by atoms with Gasteiger partial charge in [0.05, 0.1) is 15.4 Å². The quantitative estimate of drug-likeness (QED) is 0.812. The van der Waals surface area contributed by atoms with Crippen molar-refractivity contribution < 1.29 is 0 Å². The molecule has 0 saturated carbocycles. The lowest BCUT2D eigenvalue weighted by atomic mass is 10.2. The number of halogens is 2. The van der Waals surface area contributed by atoms with Crippen LogP contribution < -0.4 is 5.32 Å². The van der Waals surface area contributed by atoms with E-state index in [1.54, 1.807) is 0 Å². The molecule has 1 aliphatic rings. The molecule has 1 aromatic carbocycles. The molecule has 4 heteroatoms. The first-order valence-corrected chi connectivity index (χ1v) is 6.30. The Balaban J connectivity index is 2.20. The molecule has 76 valence electrons. The first-order chi connectivity index (χ1) is 6.66. The molecule has 1 N–H and O–H groups in total. The van der Waals surface area contributed by atoms with Gasteiger partial charge in [0.1, 0.15) is 0 Å². The molecule has 2 unspecified atom stereocenters. The van der Waals surface area contributed by atoms with Gasteiger partial charge in [-0.05, 0) is 24.6 Å². The van der Waals surface area contributed by atoms with Gasteiger partial charge in [0.2, 0.25) is 0 Å². The molecule has 2 rings (SSSR count). The smallest absolute Gasteiger partial charge is 0.0792 e. The largest absolute Gasteiger partial charge is 0.298 e. The molecule has 1 fully saturated rings. The number of rotatable bonds is 1. The molecule has 0 radical (unpaired) electrons. The maximum Gasteiger partial charge on any atom is 0.0792 e. The Morgan fingerprint density at radius 3 is 2.71 bits per heavy atom. The van der Waals surface area contributed by atoms with Gasteiger partial charge in [-0.15, -0.1) is 11.8 Å². The molecule has 0 spiro atoms. The van der Waals surface area contributed by atoms with Gasteiger partial charge in [0.25, 0.3) is 0 Å². The predicted octanol–water partition coefficient (Wildman–Crippen LogP) is 3.72. The molecule has 1 nitrogen and oxygen atoms in total. The van der Waals surface area contributed by atoms with Crippen LogP contribution in [0.25, 0.3) is 0 Å². The fourth-order valence-electron chi connectivity index (χ4n) is 1.46. The summed E-state index contributed by atoms with van der Waals surface area (Å²) in [5.74, 6) is 1.14. The van der Waals surface area contributed by atoms with E-state index in [0.717, 1.165) is 5.75 Å². The highest BCUT2D eigenvalue weighted by Gasteiger charge is 2.22. The average molecular weight is 248 g/mol. The fraction of sp³-hybridized carbons (Fsp3) is 0.400. The van der Waals surface area contributed by atoms with Crippen molar-refractivity contribution in [2.24, 2.45) is 0 Å². The zero-order chi connectivity index (χ0) is 10.1.